The van der Waals surface area contributed by atoms with E-state index in [4.69, 9.17) is 5.26 Å². The lowest BCUT2D eigenvalue weighted by Gasteiger charge is -2.10. The van der Waals surface area contributed by atoms with Crippen molar-refractivity contribution in [2.45, 2.75) is 19.5 Å². The van der Waals surface area contributed by atoms with Gasteiger partial charge in [-0.1, -0.05) is 0 Å². The second kappa shape index (κ2) is 6.21. The van der Waals surface area contributed by atoms with Gasteiger partial charge in [-0.15, -0.1) is 0 Å². The van der Waals surface area contributed by atoms with Gasteiger partial charge in [0.1, 0.15) is 11.6 Å². The van der Waals surface area contributed by atoms with Crippen LogP contribution in [0.5, 0.6) is 0 Å². The fraction of sp³-hybridized carbons (Fsp3) is 0.333. The third-order valence-electron chi connectivity index (χ3n) is 2.46. The molecule has 1 aromatic rings. The first-order valence-electron chi connectivity index (χ1n) is 5.65. The maximum Gasteiger partial charge on any atom is 0.416 e. The number of carbonyl (C=O) groups excluding carboxylic acids is 1. The average molecular weight is 302 g/mol. The largest absolute Gasteiger partial charge is 0.466 e. The first kappa shape index (κ1) is 16.4. The van der Waals surface area contributed by atoms with Gasteiger partial charge in [-0.3, -0.25) is 14.9 Å². The SMILES string of the molecule is CCOC(=O)Cc1cc(C(F)(F)F)cc(C#N)c1[N+](=O)[O-]. The molecule has 0 aromatic heterocycles. The normalized spacial score (nSPS) is 10.8. The van der Waals surface area contributed by atoms with E-state index in [0.717, 1.165) is 0 Å². The monoisotopic (exact) mass is 302 g/mol. The first-order valence-corrected chi connectivity index (χ1v) is 5.65. The van der Waals surface area contributed by atoms with Crippen LogP contribution in [0.3, 0.4) is 0 Å². The maximum atomic E-state index is 12.7. The minimum Gasteiger partial charge on any atom is -0.466 e. The number of esters is 1. The van der Waals surface area contributed by atoms with Crippen LogP contribution in [0.15, 0.2) is 12.1 Å². The zero-order valence-electron chi connectivity index (χ0n) is 10.7. The summed E-state index contributed by atoms with van der Waals surface area (Å²) in [5, 5.41) is 19.7. The predicted octanol–water partition coefficient (Wildman–Crippen LogP) is 2.59. The number of ether oxygens (including phenoxy) is 1. The van der Waals surface area contributed by atoms with Crippen molar-refractivity contribution in [2.75, 3.05) is 6.61 Å². The highest BCUT2D eigenvalue weighted by molar-refractivity contribution is 5.75. The van der Waals surface area contributed by atoms with Crippen LogP contribution >= 0.6 is 0 Å². The second-order valence-electron chi connectivity index (χ2n) is 3.88. The summed E-state index contributed by atoms with van der Waals surface area (Å²) in [6, 6.07) is 2.21. The Morgan fingerprint density at radius 1 is 1.48 bits per heavy atom. The zero-order chi connectivity index (χ0) is 16.2. The Labute approximate surface area is 116 Å². The van der Waals surface area contributed by atoms with Crippen molar-refractivity contribution in [3.63, 3.8) is 0 Å². The van der Waals surface area contributed by atoms with E-state index >= 15 is 0 Å². The van der Waals surface area contributed by atoms with Gasteiger partial charge in [0.2, 0.25) is 0 Å². The molecule has 0 aliphatic carbocycles. The number of nitriles is 1. The molecule has 0 fully saturated rings. The van der Waals surface area contributed by atoms with Crippen molar-refractivity contribution in [2.24, 2.45) is 0 Å². The van der Waals surface area contributed by atoms with Gasteiger partial charge in [-0.05, 0) is 19.1 Å². The molecule has 0 saturated heterocycles. The number of nitro benzene ring substituents is 1. The lowest BCUT2D eigenvalue weighted by atomic mass is 10.0. The maximum absolute atomic E-state index is 12.7. The molecule has 0 heterocycles. The number of carbonyl (C=O) groups is 1. The molecule has 21 heavy (non-hydrogen) atoms. The van der Waals surface area contributed by atoms with Crippen LogP contribution in [0.2, 0.25) is 0 Å². The molecule has 0 aliphatic heterocycles. The van der Waals surface area contributed by atoms with Crippen LogP contribution in [0.4, 0.5) is 18.9 Å². The summed E-state index contributed by atoms with van der Waals surface area (Å²) in [6.45, 7) is 1.47. The van der Waals surface area contributed by atoms with Gasteiger partial charge in [0.15, 0.2) is 0 Å². The van der Waals surface area contributed by atoms with Gasteiger partial charge in [-0.2, -0.15) is 18.4 Å². The molecule has 1 aromatic carbocycles. The third kappa shape index (κ3) is 3.92. The fourth-order valence-corrected chi connectivity index (χ4v) is 1.66. The van der Waals surface area contributed by atoms with Crippen LogP contribution < -0.4 is 0 Å². The molecule has 0 spiro atoms. The van der Waals surface area contributed by atoms with E-state index in [1.807, 2.05) is 0 Å². The van der Waals surface area contributed by atoms with Gasteiger partial charge in [0.05, 0.1) is 23.5 Å². The smallest absolute Gasteiger partial charge is 0.416 e. The van der Waals surface area contributed by atoms with Crippen LogP contribution in [0.1, 0.15) is 23.6 Å². The van der Waals surface area contributed by atoms with Crippen molar-refractivity contribution in [1.82, 2.24) is 0 Å². The molecule has 0 saturated carbocycles. The number of halogens is 3. The Hall–Kier alpha value is -2.63. The van der Waals surface area contributed by atoms with Gasteiger partial charge in [0.25, 0.3) is 5.69 Å². The number of nitrogens with zero attached hydrogens (tertiary/aromatic N) is 2. The Balaban J connectivity index is 3.46. The highest BCUT2D eigenvalue weighted by atomic mass is 19.4. The lowest BCUT2D eigenvalue weighted by molar-refractivity contribution is -0.385. The summed E-state index contributed by atoms with van der Waals surface area (Å²) in [5.74, 6) is -0.913. The van der Waals surface area contributed by atoms with E-state index in [9.17, 15) is 28.1 Å². The first-order chi connectivity index (χ1) is 9.70. The molecule has 0 amide bonds. The average Bonchev–Trinajstić information content (AvgIpc) is 2.36. The van der Waals surface area contributed by atoms with Crippen LogP contribution in [0.25, 0.3) is 0 Å². The zero-order valence-corrected chi connectivity index (χ0v) is 10.7. The molecule has 0 atom stereocenters. The van der Waals surface area contributed by atoms with E-state index in [2.05, 4.69) is 4.74 Å². The molecule has 1 rings (SSSR count). The minimum absolute atomic E-state index is 0.0172. The van der Waals surface area contributed by atoms with E-state index in [-0.39, 0.29) is 6.61 Å². The summed E-state index contributed by atoms with van der Waals surface area (Å²) in [7, 11) is 0. The number of hydrogen-bond donors (Lipinski definition) is 0. The van der Waals surface area contributed by atoms with Gasteiger partial charge in [-0.25, -0.2) is 0 Å². The lowest BCUT2D eigenvalue weighted by Crippen LogP contribution is -2.13. The summed E-state index contributed by atoms with van der Waals surface area (Å²) >= 11 is 0. The number of hydrogen-bond acceptors (Lipinski definition) is 5. The van der Waals surface area contributed by atoms with Crippen molar-refractivity contribution >= 4 is 11.7 Å². The number of rotatable bonds is 4. The number of nitro groups is 1. The predicted molar refractivity (Wildman–Crippen MR) is 63.2 cm³/mol. The Bertz CT molecular complexity index is 620. The van der Waals surface area contributed by atoms with Crippen LogP contribution in [0, 0.1) is 21.4 Å². The third-order valence-corrected chi connectivity index (χ3v) is 2.46. The molecule has 6 nitrogen and oxygen atoms in total. The molecule has 0 N–H and O–H groups in total. The molecule has 112 valence electrons. The summed E-state index contributed by atoms with van der Waals surface area (Å²) in [4.78, 5) is 21.3. The van der Waals surface area contributed by atoms with Gasteiger partial charge in [0, 0.05) is 5.56 Å². The molecule has 0 bridgehead atoms. The van der Waals surface area contributed by atoms with Crippen molar-refractivity contribution in [1.29, 1.82) is 5.26 Å². The molecular weight excluding hydrogens is 293 g/mol. The molecule has 0 radical (unpaired) electrons. The Kier molecular flexibility index (Phi) is 4.86. The Morgan fingerprint density at radius 2 is 2.10 bits per heavy atom. The van der Waals surface area contributed by atoms with Crippen molar-refractivity contribution in [3.05, 3.63) is 38.9 Å². The standard InChI is InChI=1S/C12H9F3N2O4/c1-2-21-10(18)5-7-3-9(12(13,14)15)4-8(6-16)11(7)17(19)20/h3-4H,2,5H2,1H3. The topological polar surface area (TPSA) is 93.2 Å². The highest BCUT2D eigenvalue weighted by Crippen LogP contribution is 2.35. The molecular formula is C12H9F3N2O4. The van der Waals surface area contributed by atoms with Crippen LogP contribution in [-0.4, -0.2) is 17.5 Å². The van der Waals surface area contributed by atoms with E-state index in [0.29, 0.717) is 12.1 Å². The van der Waals surface area contributed by atoms with E-state index in [1.54, 1.807) is 0 Å². The minimum atomic E-state index is -4.79. The summed E-state index contributed by atoms with van der Waals surface area (Å²) in [5.41, 5.74) is -3.32. The van der Waals surface area contributed by atoms with E-state index < -0.39 is 45.9 Å². The van der Waals surface area contributed by atoms with Crippen molar-refractivity contribution in [3.8, 4) is 6.07 Å². The molecule has 0 aliphatic rings. The van der Waals surface area contributed by atoms with Crippen molar-refractivity contribution < 1.29 is 27.6 Å². The Morgan fingerprint density at radius 3 is 2.52 bits per heavy atom. The van der Waals surface area contributed by atoms with E-state index in [1.165, 1.54) is 13.0 Å². The molecule has 0 unspecified atom stereocenters. The number of benzene rings is 1. The summed E-state index contributed by atoms with van der Waals surface area (Å²) in [6.07, 6.45) is -5.51. The molecule has 9 heteroatoms. The summed E-state index contributed by atoms with van der Waals surface area (Å²) < 4.78 is 42.7. The number of alkyl halides is 3. The van der Waals surface area contributed by atoms with Gasteiger partial charge < -0.3 is 4.74 Å². The van der Waals surface area contributed by atoms with Gasteiger partial charge >= 0.3 is 12.1 Å². The quantitative estimate of drug-likeness (QED) is 0.484. The highest BCUT2D eigenvalue weighted by Gasteiger charge is 2.35. The van der Waals surface area contributed by atoms with Crippen LogP contribution in [-0.2, 0) is 22.1 Å². The fourth-order valence-electron chi connectivity index (χ4n) is 1.66. The second-order valence-corrected chi connectivity index (χ2v) is 3.88.